The molecular formula is C15H16FN3O3. The van der Waals surface area contributed by atoms with Gasteiger partial charge in [0.2, 0.25) is 0 Å². The van der Waals surface area contributed by atoms with Crippen molar-refractivity contribution in [3.8, 4) is 5.69 Å². The third kappa shape index (κ3) is 3.30. The SMILES string of the molecule is CC(C)C(NC(=O)c1ccn(-c2ccccc2F)n1)C(=O)O. The van der Waals surface area contributed by atoms with Crippen molar-refractivity contribution in [2.24, 2.45) is 5.92 Å². The average Bonchev–Trinajstić information content (AvgIpc) is 2.94. The Morgan fingerprint density at radius 2 is 1.95 bits per heavy atom. The minimum Gasteiger partial charge on any atom is -0.480 e. The number of nitrogens with zero attached hydrogens (tertiary/aromatic N) is 2. The molecule has 0 saturated heterocycles. The Hall–Kier alpha value is -2.70. The fourth-order valence-electron chi connectivity index (χ4n) is 1.95. The number of hydrogen-bond donors (Lipinski definition) is 2. The van der Waals surface area contributed by atoms with Gasteiger partial charge in [-0.2, -0.15) is 5.10 Å². The number of hydrogen-bond acceptors (Lipinski definition) is 3. The first-order chi connectivity index (χ1) is 10.4. The molecule has 2 N–H and O–H groups in total. The summed E-state index contributed by atoms with van der Waals surface area (Å²) in [7, 11) is 0. The molecule has 0 bridgehead atoms. The zero-order valence-electron chi connectivity index (χ0n) is 12.2. The Labute approximate surface area is 126 Å². The summed E-state index contributed by atoms with van der Waals surface area (Å²) in [5.41, 5.74) is 0.232. The van der Waals surface area contributed by atoms with Crippen LogP contribution in [0.2, 0.25) is 0 Å². The van der Waals surface area contributed by atoms with Gasteiger partial charge < -0.3 is 10.4 Å². The van der Waals surface area contributed by atoms with Crippen LogP contribution >= 0.6 is 0 Å². The maximum atomic E-state index is 13.7. The van der Waals surface area contributed by atoms with Gasteiger partial charge in [0.15, 0.2) is 5.69 Å². The lowest BCUT2D eigenvalue weighted by Crippen LogP contribution is -2.44. The molecule has 1 amide bonds. The van der Waals surface area contributed by atoms with Crippen molar-refractivity contribution in [1.29, 1.82) is 0 Å². The van der Waals surface area contributed by atoms with Crippen LogP contribution in [0.5, 0.6) is 0 Å². The molecule has 2 rings (SSSR count). The van der Waals surface area contributed by atoms with Crippen LogP contribution in [0.15, 0.2) is 36.5 Å². The second-order valence-electron chi connectivity index (χ2n) is 5.13. The lowest BCUT2D eigenvalue weighted by atomic mass is 10.0. The molecule has 0 aliphatic heterocycles. The summed E-state index contributed by atoms with van der Waals surface area (Å²) >= 11 is 0. The van der Waals surface area contributed by atoms with Crippen LogP contribution < -0.4 is 5.32 Å². The minimum atomic E-state index is -1.11. The van der Waals surface area contributed by atoms with Gasteiger partial charge in [-0.3, -0.25) is 4.79 Å². The standard InChI is InChI=1S/C15H16FN3O3/c1-9(2)13(15(21)22)17-14(20)11-7-8-19(18-11)12-6-4-3-5-10(12)16/h3-9,13H,1-2H3,(H,17,20)(H,21,22). The van der Waals surface area contributed by atoms with E-state index in [0.717, 1.165) is 0 Å². The highest BCUT2D eigenvalue weighted by atomic mass is 19.1. The van der Waals surface area contributed by atoms with Crippen molar-refractivity contribution in [2.75, 3.05) is 0 Å². The topological polar surface area (TPSA) is 84.2 Å². The van der Waals surface area contributed by atoms with Crippen LogP contribution in [0.4, 0.5) is 4.39 Å². The lowest BCUT2D eigenvalue weighted by molar-refractivity contribution is -0.140. The molecule has 22 heavy (non-hydrogen) atoms. The molecule has 0 aliphatic carbocycles. The van der Waals surface area contributed by atoms with E-state index in [0.29, 0.717) is 0 Å². The molecule has 0 aliphatic rings. The van der Waals surface area contributed by atoms with Crippen molar-refractivity contribution in [3.05, 3.63) is 48.0 Å². The molecule has 0 spiro atoms. The predicted molar refractivity (Wildman–Crippen MR) is 77.3 cm³/mol. The monoisotopic (exact) mass is 305 g/mol. The van der Waals surface area contributed by atoms with E-state index in [-0.39, 0.29) is 17.3 Å². The van der Waals surface area contributed by atoms with Gasteiger partial charge in [0.25, 0.3) is 5.91 Å². The van der Waals surface area contributed by atoms with E-state index in [9.17, 15) is 14.0 Å². The van der Waals surface area contributed by atoms with E-state index in [1.807, 2.05) is 0 Å². The summed E-state index contributed by atoms with van der Waals surface area (Å²) in [5, 5.41) is 15.5. The van der Waals surface area contributed by atoms with Gasteiger partial charge in [0.05, 0.1) is 0 Å². The highest BCUT2D eigenvalue weighted by molar-refractivity contribution is 5.95. The van der Waals surface area contributed by atoms with Gasteiger partial charge in [-0.1, -0.05) is 26.0 Å². The summed E-state index contributed by atoms with van der Waals surface area (Å²) in [6.45, 7) is 3.38. The number of carbonyl (C=O) groups is 2. The third-order valence-corrected chi connectivity index (χ3v) is 3.14. The number of carboxylic acids is 1. The Morgan fingerprint density at radius 3 is 2.55 bits per heavy atom. The molecule has 2 aromatic rings. The molecule has 6 nitrogen and oxygen atoms in total. The summed E-state index contributed by atoms with van der Waals surface area (Å²) in [4.78, 5) is 23.1. The molecular weight excluding hydrogens is 289 g/mol. The Morgan fingerprint density at radius 1 is 1.27 bits per heavy atom. The quantitative estimate of drug-likeness (QED) is 0.883. The molecule has 1 aromatic carbocycles. The van der Waals surface area contributed by atoms with Crippen LogP contribution in [-0.4, -0.2) is 32.8 Å². The number of para-hydroxylation sites is 1. The molecule has 1 aromatic heterocycles. The zero-order valence-corrected chi connectivity index (χ0v) is 12.2. The summed E-state index contributed by atoms with van der Waals surface area (Å²) in [5.74, 6) is -2.47. The van der Waals surface area contributed by atoms with E-state index in [2.05, 4.69) is 10.4 Å². The number of nitrogens with one attached hydrogen (secondary N) is 1. The van der Waals surface area contributed by atoms with Gasteiger partial charge >= 0.3 is 5.97 Å². The van der Waals surface area contributed by atoms with Crippen LogP contribution in [0.25, 0.3) is 5.69 Å². The third-order valence-electron chi connectivity index (χ3n) is 3.14. The van der Waals surface area contributed by atoms with Crippen LogP contribution in [0.3, 0.4) is 0 Å². The smallest absolute Gasteiger partial charge is 0.326 e. The van der Waals surface area contributed by atoms with Crippen LogP contribution in [-0.2, 0) is 4.79 Å². The molecule has 0 radical (unpaired) electrons. The molecule has 1 unspecified atom stereocenters. The fourth-order valence-corrected chi connectivity index (χ4v) is 1.95. The van der Waals surface area contributed by atoms with E-state index in [4.69, 9.17) is 5.11 Å². The number of aromatic nitrogens is 2. The first kappa shape index (κ1) is 15.7. The van der Waals surface area contributed by atoms with Gasteiger partial charge in [0.1, 0.15) is 17.5 Å². The minimum absolute atomic E-state index is 0.0233. The van der Waals surface area contributed by atoms with Gasteiger partial charge in [-0.05, 0) is 24.1 Å². The highest BCUT2D eigenvalue weighted by Crippen LogP contribution is 2.12. The Bertz CT molecular complexity index is 697. The maximum Gasteiger partial charge on any atom is 0.326 e. The Kier molecular flexibility index (Phi) is 4.55. The number of aliphatic carboxylic acids is 1. The first-order valence-electron chi connectivity index (χ1n) is 6.74. The van der Waals surface area contributed by atoms with E-state index >= 15 is 0 Å². The van der Waals surface area contributed by atoms with Crippen molar-refractivity contribution < 1.29 is 19.1 Å². The number of carboxylic acid groups (broad SMARTS) is 1. The summed E-state index contributed by atoms with van der Waals surface area (Å²) < 4.78 is 14.9. The van der Waals surface area contributed by atoms with Crippen LogP contribution in [0.1, 0.15) is 24.3 Å². The van der Waals surface area contributed by atoms with Crippen molar-refractivity contribution in [1.82, 2.24) is 15.1 Å². The predicted octanol–water partition coefficient (Wildman–Crippen LogP) is 1.85. The normalized spacial score (nSPS) is 12.2. The molecule has 116 valence electrons. The van der Waals surface area contributed by atoms with Crippen molar-refractivity contribution in [3.63, 3.8) is 0 Å². The van der Waals surface area contributed by atoms with Crippen molar-refractivity contribution in [2.45, 2.75) is 19.9 Å². The lowest BCUT2D eigenvalue weighted by Gasteiger charge is -2.16. The Balaban J connectivity index is 2.19. The molecule has 1 atom stereocenters. The van der Waals surface area contributed by atoms with Gasteiger partial charge in [-0.25, -0.2) is 13.9 Å². The second-order valence-corrected chi connectivity index (χ2v) is 5.13. The second kappa shape index (κ2) is 6.38. The number of amides is 1. The zero-order chi connectivity index (χ0) is 16.3. The first-order valence-corrected chi connectivity index (χ1v) is 6.74. The van der Waals surface area contributed by atoms with Crippen molar-refractivity contribution >= 4 is 11.9 Å². The fraction of sp³-hybridized carbons (Fsp3) is 0.267. The van der Waals surface area contributed by atoms with Gasteiger partial charge in [-0.15, -0.1) is 0 Å². The average molecular weight is 305 g/mol. The number of halogens is 1. The highest BCUT2D eigenvalue weighted by Gasteiger charge is 2.25. The number of carbonyl (C=O) groups excluding carboxylic acids is 1. The van der Waals surface area contributed by atoms with Crippen LogP contribution in [0, 0.1) is 11.7 Å². The molecule has 0 fully saturated rings. The molecule has 7 heteroatoms. The largest absolute Gasteiger partial charge is 0.480 e. The number of rotatable bonds is 5. The maximum absolute atomic E-state index is 13.7. The van der Waals surface area contributed by atoms with Gasteiger partial charge in [0, 0.05) is 6.20 Å². The number of benzene rings is 1. The summed E-state index contributed by atoms with van der Waals surface area (Å²) in [6.07, 6.45) is 1.44. The van der Waals surface area contributed by atoms with E-state index in [1.54, 1.807) is 26.0 Å². The van der Waals surface area contributed by atoms with E-state index in [1.165, 1.54) is 29.1 Å². The summed E-state index contributed by atoms with van der Waals surface area (Å²) in [6, 6.07) is 6.41. The molecule has 0 saturated carbocycles. The van der Waals surface area contributed by atoms with E-state index < -0.39 is 23.7 Å². The molecule has 1 heterocycles.